The van der Waals surface area contributed by atoms with Crippen molar-refractivity contribution in [1.82, 2.24) is 9.97 Å². The molecule has 1 N–H and O–H groups in total. The van der Waals surface area contributed by atoms with Crippen LogP contribution in [0.3, 0.4) is 0 Å². The smallest absolute Gasteiger partial charge is 0.347 e. The summed E-state index contributed by atoms with van der Waals surface area (Å²) in [6, 6.07) is 12.7. The van der Waals surface area contributed by atoms with Crippen molar-refractivity contribution in [1.29, 1.82) is 0 Å². The first-order valence-electron chi connectivity index (χ1n) is 10.7. The molecule has 0 aliphatic rings. The normalized spacial score (nSPS) is 11.6. The largest absolute Gasteiger partial charge is 0.726 e. The highest BCUT2D eigenvalue weighted by molar-refractivity contribution is 7.80. The fourth-order valence-electron chi connectivity index (χ4n) is 3.20. The molecule has 0 saturated carbocycles. The molecule has 0 fully saturated rings. The van der Waals surface area contributed by atoms with Crippen molar-refractivity contribution in [3.05, 3.63) is 48.0 Å². The third kappa shape index (κ3) is 6.54. The van der Waals surface area contributed by atoms with Crippen molar-refractivity contribution in [3.63, 3.8) is 0 Å². The Morgan fingerprint density at radius 2 is 1.75 bits per heavy atom. The van der Waals surface area contributed by atoms with Gasteiger partial charge in [0, 0.05) is 23.9 Å². The predicted molar refractivity (Wildman–Crippen MR) is 134 cm³/mol. The van der Waals surface area contributed by atoms with Gasteiger partial charge in [-0.2, -0.15) is 0 Å². The van der Waals surface area contributed by atoms with Crippen LogP contribution in [0.2, 0.25) is 0 Å². The van der Waals surface area contributed by atoms with Crippen molar-refractivity contribution >= 4 is 65.7 Å². The number of hydrogen-bond donors (Lipinski definition) is 1. The Morgan fingerprint density at radius 1 is 1.11 bits per heavy atom. The van der Waals surface area contributed by atoms with Crippen molar-refractivity contribution in [2.45, 2.75) is 13.8 Å². The lowest BCUT2D eigenvalue weighted by Crippen LogP contribution is -2.26. The van der Waals surface area contributed by atoms with Gasteiger partial charge < -0.3 is 14.6 Å². The lowest BCUT2D eigenvalue weighted by atomic mass is 10.2. The Bertz CT molecular complexity index is 1520. The molecule has 12 nitrogen and oxygen atoms in total. The number of thiazole rings is 1. The van der Waals surface area contributed by atoms with Crippen LogP contribution in [0.15, 0.2) is 52.7 Å². The highest BCUT2D eigenvalue weighted by Crippen LogP contribution is 2.28. The molecule has 14 heteroatoms. The zero-order valence-corrected chi connectivity index (χ0v) is 21.6. The molecule has 36 heavy (non-hydrogen) atoms. The summed E-state index contributed by atoms with van der Waals surface area (Å²) in [4.78, 5) is 23.4. The van der Waals surface area contributed by atoms with Gasteiger partial charge in [-0.25, -0.2) is 22.8 Å². The van der Waals surface area contributed by atoms with Crippen LogP contribution in [0.1, 0.15) is 24.2 Å². The Kier molecular flexibility index (Phi) is 8.57. The summed E-state index contributed by atoms with van der Waals surface area (Å²) in [5.74, 6) is -0.991. The first kappa shape index (κ1) is 27.0. The topological polar surface area (TPSA) is 161 Å². The molecule has 0 atom stereocenters. The first-order valence-corrected chi connectivity index (χ1v) is 12.8. The lowest BCUT2D eigenvalue weighted by Gasteiger charge is -2.20. The predicted octanol–water partition coefficient (Wildman–Crippen LogP) is 3.72. The molecule has 190 valence electrons. The Labute approximate surface area is 211 Å². The molecule has 2 heterocycles. The number of benzene rings is 2. The number of aromatic carboxylic acids is 1. The van der Waals surface area contributed by atoms with E-state index in [1.165, 1.54) is 23.5 Å². The molecule has 0 radical (unpaired) electrons. The molecule has 0 unspecified atom stereocenters. The molecular formula is C22H24N6O6S2. The fourth-order valence-corrected chi connectivity index (χ4v) is 4.10. The highest BCUT2D eigenvalue weighted by atomic mass is 32.3. The van der Waals surface area contributed by atoms with E-state index in [2.05, 4.69) is 43.1 Å². The van der Waals surface area contributed by atoms with Crippen LogP contribution in [0, 0.1) is 0 Å². The molecule has 2 aromatic heterocycles. The minimum absolute atomic E-state index is 0.183. The van der Waals surface area contributed by atoms with Gasteiger partial charge >= 0.3 is 16.7 Å². The molecule has 0 bridgehead atoms. The first-order chi connectivity index (χ1) is 17.1. The van der Waals surface area contributed by atoms with Crippen LogP contribution >= 0.6 is 11.3 Å². The third-order valence-corrected chi connectivity index (χ3v) is 6.50. The van der Waals surface area contributed by atoms with Crippen molar-refractivity contribution in [2.75, 3.05) is 25.1 Å². The standard InChI is InChI=1S/C21H20N6O2S.CH4O4S/c1-4-27(5-2)15-9-7-14(8-10-15)24-25-21-26(3)18-19(30-21)23-16-11-6-13(20(28)29)12-17(16)22-18;1-5-6(2,3)4/h6-12H,4-5H2,1-3H3;1H3,(H,2,3,4). The van der Waals surface area contributed by atoms with Crippen molar-refractivity contribution in [3.8, 4) is 0 Å². The van der Waals surface area contributed by atoms with Crippen LogP contribution in [0.25, 0.3) is 21.5 Å². The van der Waals surface area contributed by atoms with Gasteiger partial charge in [-0.1, -0.05) is 10.1 Å². The maximum atomic E-state index is 11.2. The second-order valence-electron chi connectivity index (χ2n) is 7.27. The summed E-state index contributed by atoms with van der Waals surface area (Å²) in [7, 11) is -1.76. The summed E-state index contributed by atoms with van der Waals surface area (Å²) in [6.45, 7) is 6.17. The Hall–Kier alpha value is -3.59. The average Bonchev–Trinajstić information content (AvgIpc) is 3.16. The van der Waals surface area contributed by atoms with Crippen LogP contribution in [0.5, 0.6) is 0 Å². The number of azo groups is 1. The zero-order valence-electron chi connectivity index (χ0n) is 19.9. The molecular weight excluding hydrogens is 508 g/mol. The lowest BCUT2D eigenvalue weighted by molar-refractivity contribution is -0.629. The monoisotopic (exact) mass is 532 g/mol. The van der Waals surface area contributed by atoms with E-state index in [0.717, 1.165) is 36.4 Å². The van der Waals surface area contributed by atoms with E-state index in [1.807, 2.05) is 35.9 Å². The van der Waals surface area contributed by atoms with Gasteiger partial charge in [0.1, 0.15) is 11.2 Å². The Balaban J connectivity index is 0.000000538. The molecule has 0 aliphatic heterocycles. The van der Waals surface area contributed by atoms with E-state index in [0.29, 0.717) is 21.8 Å². The number of hydrogen-bond acceptors (Lipinski definition) is 11. The highest BCUT2D eigenvalue weighted by Gasteiger charge is 2.20. The number of carboxylic acid groups (broad SMARTS) is 1. The minimum atomic E-state index is -4.41. The van der Waals surface area contributed by atoms with Crippen LogP contribution < -0.4 is 9.47 Å². The molecule has 4 aromatic rings. The summed E-state index contributed by atoms with van der Waals surface area (Å²) < 4.78 is 32.8. The number of anilines is 1. The second-order valence-corrected chi connectivity index (χ2v) is 9.37. The van der Waals surface area contributed by atoms with Gasteiger partial charge in [-0.3, -0.25) is 4.18 Å². The Morgan fingerprint density at radius 3 is 2.31 bits per heavy atom. The zero-order chi connectivity index (χ0) is 26.5. The number of nitrogens with zero attached hydrogens (tertiary/aromatic N) is 6. The third-order valence-electron chi connectivity index (χ3n) is 5.09. The van der Waals surface area contributed by atoms with Gasteiger partial charge in [0.15, 0.2) is 10.3 Å². The van der Waals surface area contributed by atoms with Gasteiger partial charge in [-0.15, -0.1) is 0 Å². The van der Waals surface area contributed by atoms with E-state index in [-0.39, 0.29) is 5.56 Å². The second kappa shape index (κ2) is 11.4. The van der Waals surface area contributed by atoms with Gasteiger partial charge in [-0.05, 0) is 67.6 Å². The summed E-state index contributed by atoms with van der Waals surface area (Å²) in [5, 5.41) is 18.6. The van der Waals surface area contributed by atoms with E-state index in [9.17, 15) is 22.9 Å². The van der Waals surface area contributed by atoms with Crippen LogP contribution in [0.4, 0.5) is 16.5 Å². The van der Waals surface area contributed by atoms with Crippen molar-refractivity contribution in [2.24, 2.45) is 17.3 Å². The molecule has 0 saturated heterocycles. The SMILES string of the molecule is CCN(CC)c1ccc(/N=N/c2sc3nc4ccc(C(=O)O)cc4nc3[n+]2C)cc1.COS(=O)(=O)[O-]. The number of rotatable bonds is 7. The quantitative estimate of drug-likeness (QED) is 0.162. The van der Waals surface area contributed by atoms with E-state index in [4.69, 9.17) is 0 Å². The maximum Gasteiger partial charge on any atom is 0.347 e. The maximum absolute atomic E-state index is 11.2. The number of fused-ring (bicyclic) bond motifs is 2. The number of carbonyl (C=O) groups is 1. The van der Waals surface area contributed by atoms with E-state index < -0.39 is 16.4 Å². The molecule has 0 spiro atoms. The minimum Gasteiger partial charge on any atom is -0.726 e. The molecule has 2 aromatic carbocycles. The van der Waals surface area contributed by atoms with Crippen molar-refractivity contribution < 1.29 is 31.6 Å². The van der Waals surface area contributed by atoms with E-state index in [1.54, 1.807) is 6.07 Å². The summed E-state index contributed by atoms with van der Waals surface area (Å²) >= 11 is 1.39. The van der Waals surface area contributed by atoms with Gasteiger partial charge in [0.05, 0.1) is 19.7 Å². The van der Waals surface area contributed by atoms with Gasteiger partial charge in [0.25, 0.3) is 0 Å². The fraction of sp³-hybridized carbons (Fsp3) is 0.273. The molecule has 4 rings (SSSR count). The summed E-state index contributed by atoms with van der Waals surface area (Å²) in [5.41, 5.74) is 3.92. The molecule has 0 aliphatic carbocycles. The molecule has 0 amide bonds. The number of carboxylic acids is 1. The van der Waals surface area contributed by atoms with Crippen LogP contribution in [-0.4, -0.2) is 54.2 Å². The number of aromatic nitrogens is 3. The number of aryl methyl sites for hydroxylation is 1. The van der Waals surface area contributed by atoms with E-state index >= 15 is 0 Å². The van der Waals surface area contributed by atoms with Crippen LogP contribution in [-0.2, 0) is 21.6 Å². The average molecular weight is 533 g/mol. The van der Waals surface area contributed by atoms with Gasteiger partial charge in [0.2, 0.25) is 10.4 Å². The summed E-state index contributed by atoms with van der Waals surface area (Å²) in [6.07, 6.45) is 0.